The largest absolute Gasteiger partial charge is 0.317 e. The van der Waals surface area contributed by atoms with Gasteiger partial charge in [0.05, 0.1) is 5.56 Å². The van der Waals surface area contributed by atoms with Gasteiger partial charge in [-0.3, -0.25) is 19.7 Å². The van der Waals surface area contributed by atoms with Crippen LogP contribution in [0.25, 0.3) is 0 Å². The minimum Gasteiger partial charge on any atom is -0.317 e. The third-order valence-electron chi connectivity index (χ3n) is 3.33. The van der Waals surface area contributed by atoms with E-state index >= 15 is 0 Å². The molecule has 0 saturated carbocycles. The summed E-state index contributed by atoms with van der Waals surface area (Å²) in [5.41, 5.74) is 0.225. The molecule has 5 nitrogen and oxygen atoms in total. The number of imide groups is 1. The molecule has 1 aromatic carbocycles. The van der Waals surface area contributed by atoms with Gasteiger partial charge in [-0.25, -0.2) is 4.39 Å². The predicted molar refractivity (Wildman–Crippen MR) is 69.4 cm³/mol. The number of aryl methyl sites for hydroxylation is 1. The first-order chi connectivity index (χ1) is 9.45. The lowest BCUT2D eigenvalue weighted by Crippen LogP contribution is -2.59. The lowest BCUT2D eigenvalue weighted by atomic mass is 10.1. The molecule has 1 heterocycles. The van der Waals surface area contributed by atoms with Crippen molar-refractivity contribution in [3.8, 4) is 0 Å². The first-order valence-corrected chi connectivity index (χ1v) is 6.35. The highest BCUT2D eigenvalue weighted by Gasteiger charge is 2.36. The number of carbonyl (C=O) groups is 3. The topological polar surface area (TPSA) is 66.5 Å². The molecule has 1 fully saturated rings. The standard InChI is InChI=1S/C14H15FN2O3/c1-3-10-13(19)16-11(18)7-17(10)14(20)9-6-4-5-8(2)12(9)15/h4-6,10H,3,7H2,1-2H3,(H,16,18,19). The van der Waals surface area contributed by atoms with Crippen molar-refractivity contribution in [2.45, 2.75) is 26.3 Å². The van der Waals surface area contributed by atoms with Crippen LogP contribution in [0.15, 0.2) is 18.2 Å². The van der Waals surface area contributed by atoms with Gasteiger partial charge in [-0.2, -0.15) is 0 Å². The zero-order chi connectivity index (χ0) is 14.9. The van der Waals surface area contributed by atoms with Crippen molar-refractivity contribution in [1.29, 1.82) is 0 Å². The van der Waals surface area contributed by atoms with E-state index in [0.717, 1.165) is 4.90 Å². The van der Waals surface area contributed by atoms with Gasteiger partial charge in [0.2, 0.25) is 11.8 Å². The average molecular weight is 278 g/mol. The van der Waals surface area contributed by atoms with Crippen molar-refractivity contribution in [3.05, 3.63) is 35.1 Å². The van der Waals surface area contributed by atoms with Crippen LogP contribution in [0.5, 0.6) is 0 Å². The van der Waals surface area contributed by atoms with Gasteiger partial charge in [0.1, 0.15) is 18.4 Å². The molecule has 0 radical (unpaired) electrons. The van der Waals surface area contributed by atoms with Gasteiger partial charge in [0.25, 0.3) is 5.91 Å². The minimum absolute atomic E-state index is 0.119. The monoisotopic (exact) mass is 278 g/mol. The molecule has 1 unspecified atom stereocenters. The van der Waals surface area contributed by atoms with Crippen LogP contribution in [-0.2, 0) is 9.59 Å². The summed E-state index contributed by atoms with van der Waals surface area (Å²) < 4.78 is 14.0. The van der Waals surface area contributed by atoms with Crippen molar-refractivity contribution in [3.63, 3.8) is 0 Å². The summed E-state index contributed by atoms with van der Waals surface area (Å²) >= 11 is 0. The lowest BCUT2D eigenvalue weighted by Gasteiger charge is -2.33. The molecular weight excluding hydrogens is 263 g/mol. The SMILES string of the molecule is CCC1C(=O)NC(=O)CN1C(=O)c1cccc(C)c1F. The number of amides is 3. The van der Waals surface area contributed by atoms with Crippen molar-refractivity contribution >= 4 is 17.7 Å². The fourth-order valence-electron chi connectivity index (χ4n) is 2.25. The number of nitrogens with one attached hydrogen (secondary N) is 1. The second-order valence-corrected chi connectivity index (χ2v) is 4.71. The van der Waals surface area contributed by atoms with Gasteiger partial charge < -0.3 is 4.90 Å². The van der Waals surface area contributed by atoms with Crippen LogP contribution in [0.3, 0.4) is 0 Å². The molecule has 1 N–H and O–H groups in total. The second kappa shape index (κ2) is 5.40. The fraction of sp³-hybridized carbons (Fsp3) is 0.357. The number of piperazine rings is 1. The quantitative estimate of drug-likeness (QED) is 0.821. The Hall–Kier alpha value is -2.24. The summed E-state index contributed by atoms with van der Waals surface area (Å²) in [6.45, 7) is 3.04. The highest BCUT2D eigenvalue weighted by atomic mass is 19.1. The Morgan fingerprint density at radius 3 is 2.80 bits per heavy atom. The van der Waals surface area contributed by atoms with E-state index in [4.69, 9.17) is 0 Å². The maximum atomic E-state index is 14.0. The van der Waals surface area contributed by atoms with Gasteiger partial charge >= 0.3 is 0 Å². The Bertz CT molecular complexity index is 586. The van der Waals surface area contributed by atoms with E-state index in [1.54, 1.807) is 26.0 Å². The van der Waals surface area contributed by atoms with Crippen molar-refractivity contribution < 1.29 is 18.8 Å². The summed E-state index contributed by atoms with van der Waals surface area (Å²) in [5.74, 6) is -2.33. The number of halogens is 1. The summed E-state index contributed by atoms with van der Waals surface area (Å²) in [5, 5.41) is 2.18. The molecule has 106 valence electrons. The maximum absolute atomic E-state index is 14.0. The molecule has 6 heteroatoms. The Kier molecular flexibility index (Phi) is 3.83. The van der Waals surface area contributed by atoms with Crippen LogP contribution >= 0.6 is 0 Å². The number of benzene rings is 1. The molecule has 0 aromatic heterocycles. The van der Waals surface area contributed by atoms with Crippen molar-refractivity contribution in [2.24, 2.45) is 0 Å². The van der Waals surface area contributed by atoms with Crippen molar-refractivity contribution in [2.75, 3.05) is 6.54 Å². The van der Waals surface area contributed by atoms with Crippen LogP contribution in [0.2, 0.25) is 0 Å². The number of carbonyl (C=O) groups excluding carboxylic acids is 3. The number of rotatable bonds is 2. The maximum Gasteiger partial charge on any atom is 0.257 e. The molecule has 0 spiro atoms. The Labute approximate surface area is 115 Å². The summed E-state index contributed by atoms with van der Waals surface area (Å²) in [6, 6.07) is 3.73. The third-order valence-corrected chi connectivity index (χ3v) is 3.33. The van der Waals surface area contributed by atoms with Crippen LogP contribution in [0.1, 0.15) is 29.3 Å². The van der Waals surface area contributed by atoms with E-state index in [2.05, 4.69) is 5.32 Å². The Morgan fingerprint density at radius 2 is 2.15 bits per heavy atom. The molecule has 1 aliphatic rings. The molecule has 2 rings (SSSR count). The Morgan fingerprint density at radius 1 is 1.45 bits per heavy atom. The normalized spacial score (nSPS) is 18.9. The Balaban J connectivity index is 2.37. The van der Waals surface area contributed by atoms with Gasteiger partial charge in [0, 0.05) is 0 Å². The van der Waals surface area contributed by atoms with E-state index in [1.165, 1.54) is 6.07 Å². The first kappa shape index (κ1) is 14.2. The molecule has 1 aromatic rings. The average Bonchev–Trinajstić information content (AvgIpc) is 2.40. The predicted octanol–water partition coefficient (Wildman–Crippen LogP) is 1.01. The lowest BCUT2D eigenvalue weighted by molar-refractivity contribution is -0.138. The van der Waals surface area contributed by atoms with Crippen LogP contribution in [0, 0.1) is 12.7 Å². The first-order valence-electron chi connectivity index (χ1n) is 6.35. The number of nitrogens with zero attached hydrogens (tertiary/aromatic N) is 1. The molecule has 1 saturated heterocycles. The van der Waals surface area contributed by atoms with Crippen molar-refractivity contribution in [1.82, 2.24) is 10.2 Å². The van der Waals surface area contributed by atoms with E-state index in [0.29, 0.717) is 12.0 Å². The molecular formula is C14H15FN2O3. The van der Waals surface area contributed by atoms with E-state index in [-0.39, 0.29) is 12.1 Å². The molecule has 20 heavy (non-hydrogen) atoms. The van der Waals surface area contributed by atoms with Gasteiger partial charge in [0.15, 0.2) is 0 Å². The van der Waals surface area contributed by atoms with Crippen LogP contribution < -0.4 is 5.32 Å². The van der Waals surface area contributed by atoms with Gasteiger partial charge in [-0.15, -0.1) is 0 Å². The smallest absolute Gasteiger partial charge is 0.257 e. The van der Waals surface area contributed by atoms with E-state index < -0.39 is 29.6 Å². The summed E-state index contributed by atoms with van der Waals surface area (Å²) in [6.07, 6.45) is 0.359. The highest BCUT2D eigenvalue weighted by molar-refractivity contribution is 6.07. The zero-order valence-corrected chi connectivity index (χ0v) is 11.3. The zero-order valence-electron chi connectivity index (χ0n) is 11.3. The summed E-state index contributed by atoms with van der Waals surface area (Å²) in [7, 11) is 0. The number of hydrogen-bond donors (Lipinski definition) is 1. The van der Waals surface area contributed by atoms with E-state index in [9.17, 15) is 18.8 Å². The molecule has 0 bridgehead atoms. The molecule has 3 amide bonds. The van der Waals surface area contributed by atoms with E-state index in [1.807, 2.05) is 0 Å². The highest BCUT2D eigenvalue weighted by Crippen LogP contribution is 2.18. The molecule has 0 aliphatic carbocycles. The van der Waals surface area contributed by atoms with Gasteiger partial charge in [-0.1, -0.05) is 19.1 Å². The third kappa shape index (κ3) is 2.41. The molecule has 1 aliphatic heterocycles. The van der Waals surface area contributed by atoms with Crippen LogP contribution in [-0.4, -0.2) is 35.2 Å². The fourth-order valence-corrected chi connectivity index (χ4v) is 2.25. The second-order valence-electron chi connectivity index (χ2n) is 4.71. The minimum atomic E-state index is -0.750. The summed E-state index contributed by atoms with van der Waals surface area (Å²) in [4.78, 5) is 36.6. The molecule has 1 atom stereocenters. The number of hydrogen-bond acceptors (Lipinski definition) is 3. The van der Waals surface area contributed by atoms with Crippen LogP contribution in [0.4, 0.5) is 4.39 Å². The van der Waals surface area contributed by atoms with Gasteiger partial charge in [-0.05, 0) is 25.0 Å².